The first-order chi connectivity index (χ1) is 15.0. The Balaban J connectivity index is 1.57. The molecule has 0 saturated carbocycles. The van der Waals surface area contributed by atoms with Gasteiger partial charge in [0.25, 0.3) is 0 Å². The van der Waals surface area contributed by atoms with Crippen LogP contribution in [-0.2, 0) is 11.2 Å². The van der Waals surface area contributed by atoms with E-state index in [4.69, 9.17) is 4.74 Å². The van der Waals surface area contributed by atoms with Gasteiger partial charge in [0.15, 0.2) is 5.82 Å². The van der Waals surface area contributed by atoms with Crippen molar-refractivity contribution in [3.05, 3.63) is 53.6 Å². The van der Waals surface area contributed by atoms with Gasteiger partial charge >= 0.3 is 0 Å². The van der Waals surface area contributed by atoms with Crippen molar-refractivity contribution in [3.63, 3.8) is 0 Å². The van der Waals surface area contributed by atoms with Gasteiger partial charge in [-0.2, -0.15) is 0 Å². The van der Waals surface area contributed by atoms with Gasteiger partial charge in [0.05, 0.1) is 17.9 Å². The number of nitrogens with zero attached hydrogens (tertiary/aromatic N) is 2. The van der Waals surface area contributed by atoms with E-state index >= 15 is 0 Å². The maximum absolute atomic E-state index is 14.9. The zero-order valence-electron chi connectivity index (χ0n) is 19.1. The average molecular weight is 427 g/mol. The van der Waals surface area contributed by atoms with Gasteiger partial charge in [-0.1, -0.05) is 45.7 Å². The fraction of sp³-hybridized carbons (Fsp3) is 0.538. The summed E-state index contributed by atoms with van der Waals surface area (Å²) in [4.78, 5) is 18.6. The number of anilines is 1. The molecule has 168 valence electrons. The summed E-state index contributed by atoms with van der Waals surface area (Å²) in [5, 5.41) is 0. The Morgan fingerprint density at radius 1 is 1.19 bits per heavy atom. The molecular weight excluding hydrogens is 391 g/mol. The Hall–Kier alpha value is -2.43. The Labute approximate surface area is 185 Å². The maximum atomic E-state index is 14.9. The minimum absolute atomic E-state index is 0.0149. The van der Waals surface area contributed by atoms with Crippen molar-refractivity contribution >= 4 is 11.5 Å². The lowest BCUT2D eigenvalue weighted by molar-refractivity contribution is -0.120. The maximum Gasteiger partial charge on any atom is 0.167 e. The van der Waals surface area contributed by atoms with E-state index in [-0.39, 0.29) is 17.8 Å². The summed E-state index contributed by atoms with van der Waals surface area (Å²) in [6.45, 7) is 7.59. The molecule has 0 amide bonds. The fourth-order valence-corrected chi connectivity index (χ4v) is 4.06. The molecule has 0 radical (unpaired) electrons. The van der Waals surface area contributed by atoms with Gasteiger partial charge in [-0.05, 0) is 43.0 Å². The predicted octanol–water partition coefficient (Wildman–Crippen LogP) is 6.08. The second-order valence-electron chi connectivity index (χ2n) is 8.53. The van der Waals surface area contributed by atoms with Crippen LogP contribution in [0.4, 0.5) is 10.1 Å². The second kappa shape index (κ2) is 11.3. The molecule has 3 rings (SSSR count). The molecule has 4 nitrogen and oxygen atoms in total. The van der Waals surface area contributed by atoms with Gasteiger partial charge in [0, 0.05) is 31.5 Å². The molecule has 2 unspecified atom stereocenters. The van der Waals surface area contributed by atoms with Crippen LogP contribution in [0.1, 0.15) is 76.5 Å². The fourth-order valence-electron chi connectivity index (χ4n) is 4.06. The number of halogens is 1. The third-order valence-electron chi connectivity index (χ3n) is 6.14. The van der Waals surface area contributed by atoms with E-state index in [2.05, 4.69) is 23.7 Å². The molecule has 1 aromatic carbocycles. The number of unbranched alkanes of at least 4 members (excludes halogenated alkanes) is 2. The van der Waals surface area contributed by atoms with Gasteiger partial charge < -0.3 is 9.64 Å². The van der Waals surface area contributed by atoms with Crippen LogP contribution in [0, 0.1) is 5.82 Å². The highest BCUT2D eigenvalue weighted by Crippen LogP contribution is 2.28. The SMILES string of the molecule is CCCCC(=O)C(C)c1ccc(OC2CCN(c3ccnc(CCCC)c3F)C2)cc1. The minimum atomic E-state index is -0.192. The molecule has 2 aromatic rings. The van der Waals surface area contributed by atoms with Crippen LogP contribution in [0.2, 0.25) is 0 Å². The van der Waals surface area contributed by atoms with Crippen LogP contribution in [0.15, 0.2) is 36.5 Å². The van der Waals surface area contributed by atoms with Crippen LogP contribution < -0.4 is 9.64 Å². The van der Waals surface area contributed by atoms with Crippen molar-refractivity contribution < 1.29 is 13.9 Å². The monoisotopic (exact) mass is 426 g/mol. The molecule has 0 aliphatic carbocycles. The number of hydrogen-bond acceptors (Lipinski definition) is 4. The smallest absolute Gasteiger partial charge is 0.167 e. The number of carbonyl (C=O) groups excluding carboxylic acids is 1. The molecule has 5 heteroatoms. The van der Waals surface area contributed by atoms with Gasteiger partial charge in [-0.15, -0.1) is 0 Å². The highest BCUT2D eigenvalue weighted by atomic mass is 19.1. The minimum Gasteiger partial charge on any atom is -0.489 e. The van der Waals surface area contributed by atoms with Gasteiger partial charge in [-0.25, -0.2) is 4.39 Å². The normalized spacial score (nSPS) is 17.0. The first-order valence-electron chi connectivity index (χ1n) is 11.7. The van der Waals surface area contributed by atoms with E-state index in [1.54, 1.807) is 12.3 Å². The molecule has 2 atom stereocenters. The van der Waals surface area contributed by atoms with E-state index in [0.717, 1.165) is 50.0 Å². The molecule has 1 aromatic heterocycles. The average Bonchev–Trinajstić information content (AvgIpc) is 3.25. The standard InChI is InChI=1S/C26H35FN2O2/c1-4-6-8-23-26(27)24(14-16-28-23)29-17-15-22(18-29)31-21-12-10-20(11-13-21)19(3)25(30)9-7-5-2/h10-14,16,19,22H,4-9,15,17-18H2,1-3H3. The molecule has 0 bridgehead atoms. The second-order valence-corrected chi connectivity index (χ2v) is 8.53. The van der Waals surface area contributed by atoms with Crippen LogP contribution >= 0.6 is 0 Å². The Kier molecular flexibility index (Phi) is 8.44. The summed E-state index contributed by atoms with van der Waals surface area (Å²) in [7, 11) is 0. The molecular formula is C26H35FN2O2. The van der Waals surface area contributed by atoms with Crippen molar-refractivity contribution in [2.75, 3.05) is 18.0 Å². The number of Topliss-reactive ketones (excluding diaryl/α,β-unsaturated/α-hetero) is 1. The summed E-state index contributed by atoms with van der Waals surface area (Å²) in [5.41, 5.74) is 2.21. The lowest BCUT2D eigenvalue weighted by Gasteiger charge is -2.20. The number of ether oxygens (including phenoxy) is 1. The van der Waals surface area contributed by atoms with E-state index in [9.17, 15) is 9.18 Å². The molecule has 1 saturated heterocycles. The summed E-state index contributed by atoms with van der Waals surface area (Å²) < 4.78 is 21.0. The number of aryl methyl sites for hydroxylation is 1. The number of carbonyl (C=O) groups is 1. The Bertz CT molecular complexity index is 853. The third kappa shape index (κ3) is 6.05. The van der Waals surface area contributed by atoms with Crippen molar-refractivity contribution in [2.45, 2.75) is 77.7 Å². The van der Waals surface area contributed by atoms with Crippen LogP contribution in [0.3, 0.4) is 0 Å². The highest BCUT2D eigenvalue weighted by Gasteiger charge is 2.27. The molecule has 2 heterocycles. The number of aromatic nitrogens is 1. The van der Waals surface area contributed by atoms with Gasteiger partial charge in [0.2, 0.25) is 0 Å². The number of pyridine rings is 1. The molecule has 31 heavy (non-hydrogen) atoms. The van der Waals surface area contributed by atoms with Crippen LogP contribution in [0.25, 0.3) is 0 Å². The number of rotatable bonds is 11. The van der Waals surface area contributed by atoms with Crippen LogP contribution in [-0.4, -0.2) is 30.0 Å². The van der Waals surface area contributed by atoms with Crippen molar-refractivity contribution in [1.82, 2.24) is 4.98 Å². The molecule has 0 spiro atoms. The molecule has 1 aliphatic heterocycles. The van der Waals surface area contributed by atoms with Gasteiger partial charge in [-0.3, -0.25) is 9.78 Å². The van der Waals surface area contributed by atoms with Crippen LogP contribution in [0.5, 0.6) is 5.75 Å². The molecule has 1 fully saturated rings. The largest absolute Gasteiger partial charge is 0.489 e. The van der Waals surface area contributed by atoms with E-state index in [1.165, 1.54) is 0 Å². The highest BCUT2D eigenvalue weighted by molar-refractivity contribution is 5.85. The zero-order valence-corrected chi connectivity index (χ0v) is 19.1. The number of ketones is 1. The van der Waals surface area contributed by atoms with Gasteiger partial charge in [0.1, 0.15) is 17.6 Å². The van der Waals surface area contributed by atoms with Crippen molar-refractivity contribution in [2.24, 2.45) is 0 Å². The summed E-state index contributed by atoms with van der Waals surface area (Å²) in [5.74, 6) is 0.809. The van der Waals surface area contributed by atoms with E-state index in [0.29, 0.717) is 36.6 Å². The zero-order chi connectivity index (χ0) is 22.2. The summed E-state index contributed by atoms with van der Waals surface area (Å²) in [6.07, 6.45) is 7.83. The number of benzene rings is 1. The first kappa shape index (κ1) is 23.2. The lowest BCUT2D eigenvalue weighted by Crippen LogP contribution is -2.25. The Morgan fingerprint density at radius 2 is 1.94 bits per heavy atom. The topological polar surface area (TPSA) is 42.4 Å². The summed E-state index contributed by atoms with van der Waals surface area (Å²) >= 11 is 0. The number of hydrogen-bond donors (Lipinski definition) is 0. The quantitative estimate of drug-likeness (QED) is 0.436. The van der Waals surface area contributed by atoms with Crippen molar-refractivity contribution in [1.29, 1.82) is 0 Å². The molecule has 0 N–H and O–H groups in total. The summed E-state index contributed by atoms with van der Waals surface area (Å²) in [6, 6.07) is 9.62. The van der Waals surface area contributed by atoms with E-state index < -0.39 is 0 Å². The Morgan fingerprint density at radius 3 is 2.65 bits per heavy atom. The lowest BCUT2D eigenvalue weighted by atomic mass is 9.94. The predicted molar refractivity (Wildman–Crippen MR) is 123 cm³/mol. The molecule has 1 aliphatic rings. The third-order valence-corrected chi connectivity index (χ3v) is 6.14. The van der Waals surface area contributed by atoms with E-state index in [1.807, 2.05) is 31.2 Å². The first-order valence-corrected chi connectivity index (χ1v) is 11.7. The van der Waals surface area contributed by atoms with Crippen molar-refractivity contribution in [3.8, 4) is 5.75 Å².